The lowest BCUT2D eigenvalue weighted by Gasteiger charge is -2.39. The van der Waals surface area contributed by atoms with E-state index in [0.717, 1.165) is 5.56 Å². The van der Waals surface area contributed by atoms with E-state index < -0.39 is 40.4 Å². The maximum Gasteiger partial charge on any atom is 0.336 e. The van der Waals surface area contributed by atoms with Crippen molar-refractivity contribution in [1.82, 2.24) is 5.32 Å². The van der Waals surface area contributed by atoms with E-state index in [0.29, 0.717) is 22.7 Å². The van der Waals surface area contributed by atoms with Crippen molar-refractivity contribution >= 4 is 23.4 Å². The van der Waals surface area contributed by atoms with Crippen LogP contribution >= 0.6 is 0 Å². The van der Waals surface area contributed by atoms with Gasteiger partial charge in [-0.05, 0) is 50.5 Å². The van der Waals surface area contributed by atoms with Crippen LogP contribution in [-0.2, 0) is 23.9 Å². The SMILES string of the molecule is CCOC(=O)C1=C(C)NC2=C(C(=O)[C@H](C(=O)OCC)[C@H](c3ccc(OC)cc3)C2)[C@@H]1c1cccc([N+](=O)[O-])c1. The largest absolute Gasteiger partial charge is 0.497 e. The Hall–Kier alpha value is -4.47. The first-order valence-corrected chi connectivity index (χ1v) is 12.7. The van der Waals surface area contributed by atoms with Crippen molar-refractivity contribution in [3.63, 3.8) is 0 Å². The molecule has 39 heavy (non-hydrogen) atoms. The summed E-state index contributed by atoms with van der Waals surface area (Å²) in [6, 6.07) is 12.9. The third-order valence-electron chi connectivity index (χ3n) is 7.01. The summed E-state index contributed by atoms with van der Waals surface area (Å²) in [5.41, 5.74) is 2.32. The van der Waals surface area contributed by atoms with E-state index in [2.05, 4.69) is 5.32 Å². The van der Waals surface area contributed by atoms with Gasteiger partial charge in [-0.25, -0.2) is 4.79 Å². The number of hydrogen-bond acceptors (Lipinski definition) is 9. The number of ketones is 1. The zero-order valence-corrected chi connectivity index (χ0v) is 22.2. The van der Waals surface area contributed by atoms with E-state index in [9.17, 15) is 24.5 Å². The molecule has 2 aromatic carbocycles. The molecule has 0 radical (unpaired) electrons. The van der Waals surface area contributed by atoms with Crippen LogP contribution in [0.3, 0.4) is 0 Å². The summed E-state index contributed by atoms with van der Waals surface area (Å²) in [4.78, 5) is 51.7. The number of hydrogen-bond donors (Lipinski definition) is 1. The number of allylic oxidation sites excluding steroid dienone is 3. The second kappa shape index (κ2) is 11.5. The second-order valence-corrected chi connectivity index (χ2v) is 9.24. The lowest BCUT2D eigenvalue weighted by atomic mass is 9.67. The number of dihydropyridines is 1. The number of rotatable bonds is 8. The standard InChI is InChI=1S/C29H30N2O8/c1-5-38-28(33)23-16(3)30-22-15-21(17-10-12-20(37-4)13-11-17)25(29(34)39-6-2)27(32)26(22)24(23)18-8-7-9-19(14-18)31(35)36/h7-14,21,24-25,30H,5-6,15H2,1-4H3/t21-,24+,25+/m0/s1. The van der Waals surface area contributed by atoms with E-state index in [1.807, 2.05) is 12.1 Å². The zero-order valence-electron chi connectivity index (χ0n) is 22.2. The molecule has 10 nitrogen and oxygen atoms in total. The van der Waals surface area contributed by atoms with Crippen LogP contribution in [0.2, 0.25) is 0 Å². The van der Waals surface area contributed by atoms with Crippen molar-refractivity contribution in [3.8, 4) is 5.75 Å². The number of carbonyl (C=O) groups excluding carboxylic acids is 3. The Bertz CT molecular complexity index is 1380. The van der Waals surface area contributed by atoms with Crippen LogP contribution in [0.5, 0.6) is 5.75 Å². The summed E-state index contributed by atoms with van der Waals surface area (Å²) < 4.78 is 15.9. The molecule has 0 amide bonds. The van der Waals surface area contributed by atoms with E-state index in [4.69, 9.17) is 14.2 Å². The highest BCUT2D eigenvalue weighted by Crippen LogP contribution is 2.48. The Morgan fingerprint density at radius 1 is 1.05 bits per heavy atom. The quantitative estimate of drug-likeness (QED) is 0.227. The van der Waals surface area contributed by atoms with Crippen molar-refractivity contribution in [2.24, 2.45) is 5.92 Å². The van der Waals surface area contributed by atoms with Gasteiger partial charge in [-0.15, -0.1) is 0 Å². The minimum atomic E-state index is -1.18. The van der Waals surface area contributed by atoms with Crippen LogP contribution in [-0.4, -0.2) is 43.0 Å². The number of Topliss-reactive ketones (excluding diaryl/α,β-unsaturated/α-hetero) is 1. The topological polar surface area (TPSA) is 134 Å². The molecule has 0 unspecified atom stereocenters. The first-order chi connectivity index (χ1) is 18.7. The number of non-ortho nitro benzene ring substituents is 1. The molecule has 204 valence electrons. The summed E-state index contributed by atoms with van der Waals surface area (Å²) in [6.45, 7) is 5.22. The number of nitrogens with zero attached hydrogens (tertiary/aromatic N) is 1. The molecule has 2 aliphatic rings. The van der Waals surface area contributed by atoms with Crippen LogP contribution in [0.1, 0.15) is 50.2 Å². The molecule has 2 aromatic rings. The minimum Gasteiger partial charge on any atom is -0.497 e. The van der Waals surface area contributed by atoms with Crippen LogP contribution in [0.15, 0.2) is 71.1 Å². The van der Waals surface area contributed by atoms with Gasteiger partial charge in [-0.1, -0.05) is 24.3 Å². The van der Waals surface area contributed by atoms with Crippen LogP contribution in [0, 0.1) is 16.0 Å². The molecule has 3 atom stereocenters. The van der Waals surface area contributed by atoms with Gasteiger partial charge in [0.05, 0.1) is 30.8 Å². The van der Waals surface area contributed by atoms with Gasteiger partial charge in [-0.3, -0.25) is 19.7 Å². The predicted octanol–water partition coefficient (Wildman–Crippen LogP) is 4.32. The monoisotopic (exact) mass is 534 g/mol. The maximum absolute atomic E-state index is 14.3. The lowest BCUT2D eigenvalue weighted by molar-refractivity contribution is -0.384. The summed E-state index contributed by atoms with van der Waals surface area (Å²) in [6.07, 6.45) is 0.274. The number of benzene rings is 2. The molecule has 0 saturated carbocycles. The molecule has 10 heteroatoms. The minimum absolute atomic E-state index is 0.0868. The summed E-state index contributed by atoms with van der Waals surface area (Å²) in [7, 11) is 1.55. The number of nitrogens with one attached hydrogen (secondary N) is 1. The van der Waals surface area contributed by atoms with Gasteiger partial charge in [0, 0.05) is 40.9 Å². The highest BCUT2D eigenvalue weighted by Gasteiger charge is 2.49. The highest BCUT2D eigenvalue weighted by atomic mass is 16.6. The van der Waals surface area contributed by atoms with E-state index in [1.54, 1.807) is 46.1 Å². The highest BCUT2D eigenvalue weighted by molar-refractivity contribution is 6.13. The molecule has 0 aromatic heterocycles. The number of nitro benzene ring substituents is 1. The van der Waals surface area contributed by atoms with Crippen molar-refractivity contribution in [2.75, 3.05) is 20.3 Å². The second-order valence-electron chi connectivity index (χ2n) is 9.24. The maximum atomic E-state index is 14.3. The molecule has 0 spiro atoms. The Labute approximate surface area is 225 Å². The van der Waals surface area contributed by atoms with Gasteiger partial charge in [0.2, 0.25) is 0 Å². The van der Waals surface area contributed by atoms with Crippen molar-refractivity contribution < 1.29 is 33.5 Å². The predicted molar refractivity (Wildman–Crippen MR) is 141 cm³/mol. The fraction of sp³-hybridized carbons (Fsp3) is 0.345. The first kappa shape index (κ1) is 27.6. The fourth-order valence-corrected chi connectivity index (χ4v) is 5.33. The first-order valence-electron chi connectivity index (χ1n) is 12.7. The van der Waals surface area contributed by atoms with Crippen molar-refractivity contribution in [3.05, 3.63) is 92.3 Å². The molecule has 1 heterocycles. The normalized spacial score (nSPS) is 20.6. The van der Waals surface area contributed by atoms with Crippen molar-refractivity contribution in [1.29, 1.82) is 0 Å². The Morgan fingerprint density at radius 3 is 2.36 bits per heavy atom. The fourth-order valence-electron chi connectivity index (χ4n) is 5.33. The molecule has 1 aliphatic carbocycles. The van der Waals surface area contributed by atoms with Gasteiger partial charge in [0.15, 0.2) is 5.78 Å². The third-order valence-corrected chi connectivity index (χ3v) is 7.01. The van der Waals surface area contributed by atoms with Crippen LogP contribution < -0.4 is 10.1 Å². The molecular weight excluding hydrogens is 504 g/mol. The molecule has 0 fully saturated rings. The zero-order chi connectivity index (χ0) is 28.3. The van der Waals surface area contributed by atoms with Gasteiger partial charge in [0.25, 0.3) is 5.69 Å². The average Bonchev–Trinajstić information content (AvgIpc) is 2.92. The smallest absolute Gasteiger partial charge is 0.336 e. The van der Waals surface area contributed by atoms with E-state index >= 15 is 0 Å². The summed E-state index contributed by atoms with van der Waals surface area (Å²) in [5, 5.41) is 14.8. The van der Waals surface area contributed by atoms with Crippen LogP contribution in [0.25, 0.3) is 0 Å². The van der Waals surface area contributed by atoms with Crippen molar-refractivity contribution in [2.45, 2.75) is 39.0 Å². The molecule has 4 rings (SSSR count). The number of esters is 2. The number of ether oxygens (including phenoxy) is 3. The molecule has 1 N–H and O–H groups in total. The average molecular weight is 535 g/mol. The van der Waals surface area contributed by atoms with Gasteiger partial charge >= 0.3 is 11.9 Å². The van der Waals surface area contributed by atoms with E-state index in [-0.39, 0.29) is 36.5 Å². The molecule has 0 saturated heterocycles. The van der Waals surface area contributed by atoms with Gasteiger partial charge in [0.1, 0.15) is 11.7 Å². The summed E-state index contributed by atoms with van der Waals surface area (Å²) >= 11 is 0. The summed E-state index contributed by atoms with van der Waals surface area (Å²) in [5.74, 6) is -3.89. The number of carbonyl (C=O) groups is 3. The Kier molecular flexibility index (Phi) is 8.13. The van der Waals surface area contributed by atoms with Gasteiger partial charge in [-0.2, -0.15) is 0 Å². The third kappa shape index (κ3) is 5.27. The molecule has 1 aliphatic heterocycles. The van der Waals surface area contributed by atoms with Gasteiger partial charge < -0.3 is 19.5 Å². The molecular formula is C29H30N2O8. The Balaban J connectivity index is 1.91. The van der Waals surface area contributed by atoms with Crippen LogP contribution in [0.4, 0.5) is 5.69 Å². The number of methoxy groups -OCH3 is 1. The van der Waals surface area contributed by atoms with E-state index in [1.165, 1.54) is 18.2 Å². The lowest BCUT2D eigenvalue weighted by Crippen LogP contribution is -2.43. The number of nitro groups is 1. The Morgan fingerprint density at radius 2 is 1.74 bits per heavy atom. The molecule has 0 bridgehead atoms.